The third-order valence-electron chi connectivity index (χ3n) is 4.28. The number of rotatable bonds is 3. The first-order chi connectivity index (χ1) is 11.7. The van der Waals surface area contributed by atoms with Gasteiger partial charge in [-0.15, -0.1) is 11.3 Å². The lowest BCUT2D eigenvalue weighted by Gasteiger charge is -2.31. The van der Waals surface area contributed by atoms with E-state index in [4.69, 9.17) is 0 Å². The van der Waals surface area contributed by atoms with Crippen molar-refractivity contribution in [2.45, 2.75) is 29.4 Å². The molecule has 0 bridgehead atoms. The Bertz CT molecular complexity index is 857. The lowest BCUT2D eigenvalue weighted by molar-refractivity contribution is -0.117. The van der Waals surface area contributed by atoms with Crippen LogP contribution < -0.4 is 4.90 Å². The van der Waals surface area contributed by atoms with Gasteiger partial charge in [0.25, 0.3) is 0 Å². The molecular formula is C19H18N2OS2. The minimum atomic E-state index is -0.142. The second-order valence-electron chi connectivity index (χ2n) is 5.93. The first-order valence-corrected chi connectivity index (χ1v) is 9.83. The normalized spacial score (nSPS) is 15.3. The Morgan fingerprint density at radius 3 is 2.88 bits per heavy atom. The predicted molar refractivity (Wildman–Crippen MR) is 102 cm³/mol. The summed E-state index contributed by atoms with van der Waals surface area (Å²) in [4.78, 5) is 19.5. The molecule has 0 aliphatic carbocycles. The number of thioether (sulfide) groups is 1. The summed E-state index contributed by atoms with van der Waals surface area (Å²) in [5.41, 5.74) is 3.35. The molecule has 2 aromatic carbocycles. The summed E-state index contributed by atoms with van der Waals surface area (Å²) in [5, 5.41) is -0.142. The molecule has 1 aliphatic rings. The van der Waals surface area contributed by atoms with Crippen molar-refractivity contribution in [3.63, 3.8) is 0 Å². The van der Waals surface area contributed by atoms with Gasteiger partial charge in [0.1, 0.15) is 0 Å². The molecule has 0 spiro atoms. The van der Waals surface area contributed by atoms with E-state index in [2.05, 4.69) is 23.2 Å². The Morgan fingerprint density at radius 1 is 1.21 bits per heavy atom. The number of amides is 1. The molecule has 1 aromatic heterocycles. The summed E-state index contributed by atoms with van der Waals surface area (Å²) in [6.45, 7) is 2.79. The van der Waals surface area contributed by atoms with E-state index in [1.54, 1.807) is 23.1 Å². The highest BCUT2D eigenvalue weighted by Crippen LogP contribution is 2.34. The molecule has 24 heavy (non-hydrogen) atoms. The number of carbonyl (C=O) groups excluding carboxylic acids is 1. The lowest BCUT2D eigenvalue weighted by Crippen LogP contribution is -2.40. The SMILES string of the molecule is CC(Sc1nc2ccccc2s1)C(=O)N1CCCc2ccccc21. The Balaban J connectivity index is 1.54. The number of hydrogen-bond donors (Lipinski definition) is 0. The highest BCUT2D eigenvalue weighted by atomic mass is 32.2. The minimum absolute atomic E-state index is 0.142. The molecule has 2 heterocycles. The Labute approximate surface area is 149 Å². The molecule has 0 fully saturated rings. The molecule has 1 unspecified atom stereocenters. The Morgan fingerprint density at radius 2 is 2.00 bits per heavy atom. The van der Waals surface area contributed by atoms with Gasteiger partial charge in [0, 0.05) is 12.2 Å². The van der Waals surface area contributed by atoms with Gasteiger partial charge < -0.3 is 4.90 Å². The van der Waals surface area contributed by atoms with Crippen LogP contribution >= 0.6 is 23.1 Å². The zero-order valence-electron chi connectivity index (χ0n) is 13.4. The van der Waals surface area contributed by atoms with Crippen molar-refractivity contribution in [2.75, 3.05) is 11.4 Å². The summed E-state index contributed by atoms with van der Waals surface area (Å²) in [6.07, 6.45) is 2.08. The third-order valence-corrected chi connectivity index (χ3v) is 6.49. The Hall–Kier alpha value is -1.85. The van der Waals surface area contributed by atoms with Crippen LogP contribution in [0.15, 0.2) is 52.9 Å². The van der Waals surface area contributed by atoms with E-state index in [0.717, 1.165) is 34.9 Å². The fourth-order valence-corrected chi connectivity index (χ4v) is 5.36. The van der Waals surface area contributed by atoms with E-state index < -0.39 is 0 Å². The largest absolute Gasteiger partial charge is 0.311 e. The smallest absolute Gasteiger partial charge is 0.240 e. The Kier molecular flexibility index (Phi) is 4.29. The fourth-order valence-electron chi connectivity index (χ4n) is 3.09. The molecule has 0 saturated heterocycles. The van der Waals surface area contributed by atoms with Crippen LogP contribution in [-0.2, 0) is 11.2 Å². The van der Waals surface area contributed by atoms with Gasteiger partial charge in [-0.1, -0.05) is 42.1 Å². The molecule has 5 heteroatoms. The van der Waals surface area contributed by atoms with Crippen LogP contribution in [-0.4, -0.2) is 22.7 Å². The van der Waals surface area contributed by atoms with Gasteiger partial charge in [0.15, 0.2) is 4.34 Å². The summed E-state index contributed by atoms with van der Waals surface area (Å²) < 4.78 is 2.13. The molecule has 1 atom stereocenters. The van der Waals surface area contributed by atoms with Crippen molar-refractivity contribution in [3.05, 3.63) is 54.1 Å². The number of para-hydroxylation sites is 2. The van der Waals surface area contributed by atoms with Crippen LogP contribution in [0.1, 0.15) is 18.9 Å². The average Bonchev–Trinajstić information content (AvgIpc) is 3.02. The molecule has 3 nitrogen and oxygen atoms in total. The van der Waals surface area contributed by atoms with Gasteiger partial charge in [-0.05, 0) is 43.5 Å². The molecular weight excluding hydrogens is 336 g/mol. The number of aryl methyl sites for hydroxylation is 1. The van der Waals surface area contributed by atoms with Crippen molar-refractivity contribution < 1.29 is 4.79 Å². The maximum Gasteiger partial charge on any atom is 0.240 e. The van der Waals surface area contributed by atoms with Gasteiger partial charge in [0.05, 0.1) is 15.5 Å². The van der Waals surface area contributed by atoms with E-state index in [9.17, 15) is 4.79 Å². The number of aromatic nitrogens is 1. The number of fused-ring (bicyclic) bond motifs is 2. The standard InChI is InChI=1S/C19H18N2OS2/c1-13(23-19-20-15-9-3-5-11-17(15)24-19)18(22)21-12-6-8-14-7-2-4-10-16(14)21/h2-5,7,9-11,13H,6,8,12H2,1H3. The quantitative estimate of drug-likeness (QED) is 0.636. The highest BCUT2D eigenvalue weighted by Gasteiger charge is 2.27. The summed E-state index contributed by atoms with van der Waals surface area (Å²) in [5.74, 6) is 0.173. The molecule has 0 radical (unpaired) electrons. The number of carbonyl (C=O) groups is 1. The van der Waals surface area contributed by atoms with Gasteiger partial charge in [-0.2, -0.15) is 0 Å². The number of nitrogens with zero attached hydrogens (tertiary/aromatic N) is 2. The van der Waals surface area contributed by atoms with E-state index in [0.29, 0.717) is 0 Å². The fraction of sp³-hybridized carbons (Fsp3) is 0.263. The molecule has 1 amide bonds. The van der Waals surface area contributed by atoms with Crippen LogP contribution in [0, 0.1) is 0 Å². The second-order valence-corrected chi connectivity index (χ2v) is 8.55. The van der Waals surface area contributed by atoms with E-state index in [1.807, 2.05) is 42.2 Å². The van der Waals surface area contributed by atoms with Gasteiger partial charge in [-0.3, -0.25) is 4.79 Å². The zero-order valence-corrected chi connectivity index (χ0v) is 15.1. The summed E-state index contributed by atoms with van der Waals surface area (Å²) in [6, 6.07) is 16.3. The van der Waals surface area contributed by atoms with Crippen LogP contribution in [0.5, 0.6) is 0 Å². The van der Waals surface area contributed by atoms with E-state index in [1.165, 1.54) is 10.3 Å². The molecule has 0 saturated carbocycles. The maximum absolute atomic E-state index is 13.0. The van der Waals surface area contributed by atoms with Crippen molar-refractivity contribution in [2.24, 2.45) is 0 Å². The number of hydrogen-bond acceptors (Lipinski definition) is 4. The first kappa shape index (κ1) is 15.7. The van der Waals surface area contributed by atoms with Crippen molar-refractivity contribution in [1.29, 1.82) is 0 Å². The van der Waals surface area contributed by atoms with Gasteiger partial charge in [0.2, 0.25) is 5.91 Å². The molecule has 0 N–H and O–H groups in total. The summed E-state index contributed by atoms with van der Waals surface area (Å²) >= 11 is 3.22. The highest BCUT2D eigenvalue weighted by molar-refractivity contribution is 8.02. The minimum Gasteiger partial charge on any atom is -0.311 e. The van der Waals surface area contributed by atoms with Gasteiger partial charge in [-0.25, -0.2) is 4.98 Å². The predicted octanol–water partition coefficient (Wildman–Crippen LogP) is 4.76. The number of anilines is 1. The van der Waals surface area contributed by atoms with Crippen LogP contribution in [0.25, 0.3) is 10.2 Å². The first-order valence-electron chi connectivity index (χ1n) is 8.14. The molecule has 4 rings (SSSR count). The van der Waals surface area contributed by atoms with Gasteiger partial charge >= 0.3 is 0 Å². The lowest BCUT2D eigenvalue weighted by atomic mass is 10.0. The van der Waals surface area contributed by atoms with E-state index >= 15 is 0 Å². The molecule has 122 valence electrons. The number of thiazole rings is 1. The second kappa shape index (κ2) is 6.57. The monoisotopic (exact) mass is 354 g/mol. The molecule has 3 aromatic rings. The summed E-state index contributed by atoms with van der Waals surface area (Å²) in [7, 11) is 0. The van der Waals surface area contributed by atoms with Crippen LogP contribution in [0.3, 0.4) is 0 Å². The topological polar surface area (TPSA) is 33.2 Å². The van der Waals surface area contributed by atoms with Crippen LogP contribution in [0.4, 0.5) is 5.69 Å². The van der Waals surface area contributed by atoms with Crippen molar-refractivity contribution >= 4 is 44.9 Å². The zero-order chi connectivity index (χ0) is 16.5. The van der Waals surface area contributed by atoms with Crippen molar-refractivity contribution in [1.82, 2.24) is 4.98 Å². The number of benzene rings is 2. The van der Waals surface area contributed by atoms with Crippen molar-refractivity contribution in [3.8, 4) is 0 Å². The van der Waals surface area contributed by atoms with E-state index in [-0.39, 0.29) is 11.2 Å². The third kappa shape index (κ3) is 2.94. The average molecular weight is 355 g/mol. The van der Waals surface area contributed by atoms with Crippen LogP contribution in [0.2, 0.25) is 0 Å². The molecule has 1 aliphatic heterocycles. The maximum atomic E-state index is 13.0.